The summed E-state index contributed by atoms with van der Waals surface area (Å²) in [4.78, 5) is 23.4. The van der Waals surface area contributed by atoms with Gasteiger partial charge in [-0.3, -0.25) is 4.79 Å². The molecular formula is C20H26N4O. The molecule has 1 saturated heterocycles. The Hall–Kier alpha value is -2.43. The van der Waals surface area contributed by atoms with Gasteiger partial charge in [-0.1, -0.05) is 37.3 Å². The van der Waals surface area contributed by atoms with E-state index in [1.54, 1.807) is 12.4 Å². The summed E-state index contributed by atoms with van der Waals surface area (Å²) >= 11 is 0. The first-order valence-electron chi connectivity index (χ1n) is 9.13. The Morgan fingerprint density at radius 1 is 1.24 bits per heavy atom. The molecule has 0 aliphatic carbocycles. The van der Waals surface area contributed by atoms with Gasteiger partial charge in [0.1, 0.15) is 11.5 Å². The second-order valence-corrected chi connectivity index (χ2v) is 6.62. The van der Waals surface area contributed by atoms with Gasteiger partial charge in [0, 0.05) is 18.6 Å². The lowest BCUT2D eigenvalue weighted by molar-refractivity contribution is 0.0601. The Morgan fingerprint density at radius 2 is 2.04 bits per heavy atom. The van der Waals surface area contributed by atoms with Gasteiger partial charge in [0.25, 0.3) is 5.91 Å². The molecule has 1 aromatic heterocycles. The van der Waals surface area contributed by atoms with Gasteiger partial charge in [-0.15, -0.1) is 0 Å². The number of likely N-dealkylation sites (tertiary alicyclic amines) is 1. The van der Waals surface area contributed by atoms with Gasteiger partial charge >= 0.3 is 0 Å². The second-order valence-electron chi connectivity index (χ2n) is 6.62. The van der Waals surface area contributed by atoms with E-state index in [9.17, 15) is 4.79 Å². The third kappa shape index (κ3) is 4.16. The van der Waals surface area contributed by atoms with E-state index in [1.165, 1.54) is 12.0 Å². The van der Waals surface area contributed by atoms with Gasteiger partial charge in [0.15, 0.2) is 0 Å². The highest BCUT2D eigenvalue weighted by molar-refractivity contribution is 5.92. The monoisotopic (exact) mass is 338 g/mol. The van der Waals surface area contributed by atoms with Crippen LogP contribution in [0.5, 0.6) is 0 Å². The summed E-state index contributed by atoms with van der Waals surface area (Å²) in [5.74, 6) is 0.681. The first kappa shape index (κ1) is 17.4. The Morgan fingerprint density at radius 3 is 2.72 bits per heavy atom. The van der Waals surface area contributed by atoms with Crippen molar-refractivity contribution in [3.63, 3.8) is 0 Å². The Balaban J connectivity index is 1.66. The smallest absolute Gasteiger partial charge is 0.274 e. The first-order valence-corrected chi connectivity index (χ1v) is 9.13. The molecule has 1 aliphatic rings. The molecule has 1 fully saturated rings. The van der Waals surface area contributed by atoms with Crippen LogP contribution in [0.3, 0.4) is 0 Å². The number of benzene rings is 1. The van der Waals surface area contributed by atoms with E-state index in [-0.39, 0.29) is 11.9 Å². The molecule has 2 unspecified atom stereocenters. The molecule has 5 nitrogen and oxygen atoms in total. The van der Waals surface area contributed by atoms with Crippen LogP contribution in [0.15, 0.2) is 42.7 Å². The highest BCUT2D eigenvalue weighted by Crippen LogP contribution is 2.22. The van der Waals surface area contributed by atoms with Crippen LogP contribution in [-0.4, -0.2) is 33.4 Å². The van der Waals surface area contributed by atoms with Crippen molar-refractivity contribution in [1.82, 2.24) is 14.9 Å². The molecule has 2 atom stereocenters. The summed E-state index contributed by atoms with van der Waals surface area (Å²) in [5, 5.41) is 3.33. The highest BCUT2D eigenvalue weighted by Gasteiger charge is 2.27. The van der Waals surface area contributed by atoms with E-state index >= 15 is 0 Å². The van der Waals surface area contributed by atoms with Crippen LogP contribution in [0.1, 0.15) is 61.6 Å². The third-order valence-corrected chi connectivity index (χ3v) is 4.89. The molecule has 5 heteroatoms. The fourth-order valence-corrected chi connectivity index (χ4v) is 3.40. The Kier molecular flexibility index (Phi) is 5.64. The summed E-state index contributed by atoms with van der Waals surface area (Å²) in [7, 11) is 0. The molecule has 2 heterocycles. The molecule has 3 rings (SSSR count). The summed E-state index contributed by atoms with van der Waals surface area (Å²) in [6.07, 6.45) is 7.59. The molecule has 1 N–H and O–H groups in total. The number of piperidine rings is 1. The van der Waals surface area contributed by atoms with E-state index in [0.29, 0.717) is 17.6 Å². The molecule has 25 heavy (non-hydrogen) atoms. The number of hydrogen-bond acceptors (Lipinski definition) is 4. The average molecular weight is 338 g/mol. The zero-order valence-corrected chi connectivity index (χ0v) is 15.0. The fraction of sp³-hybridized carbons (Fsp3) is 0.450. The average Bonchev–Trinajstić information content (AvgIpc) is 2.68. The van der Waals surface area contributed by atoms with Gasteiger partial charge in [-0.25, -0.2) is 9.97 Å². The number of anilines is 1. The minimum atomic E-state index is 0.00158. The molecule has 0 spiro atoms. The standard InChI is InChI=1S/C20H26N4O/c1-3-17-11-7-8-12-24(17)20(25)18-13-22-19(14-21-18)23-15(2)16-9-5-4-6-10-16/h4-6,9-10,13-15,17H,3,7-8,11-12H2,1-2H3,(H,22,23). The quantitative estimate of drug-likeness (QED) is 0.893. The number of nitrogens with one attached hydrogen (secondary N) is 1. The number of rotatable bonds is 5. The number of hydrogen-bond donors (Lipinski definition) is 1. The molecule has 2 aromatic rings. The van der Waals surface area contributed by atoms with Gasteiger partial charge in [0.2, 0.25) is 0 Å². The maximum absolute atomic E-state index is 12.7. The minimum absolute atomic E-state index is 0.00158. The van der Waals surface area contributed by atoms with Gasteiger partial charge in [0.05, 0.1) is 12.4 Å². The fourth-order valence-electron chi connectivity index (χ4n) is 3.40. The third-order valence-electron chi connectivity index (χ3n) is 4.89. The van der Waals surface area contributed by atoms with E-state index in [1.807, 2.05) is 23.1 Å². The lowest BCUT2D eigenvalue weighted by atomic mass is 10.00. The van der Waals surface area contributed by atoms with Crippen LogP contribution >= 0.6 is 0 Å². The topological polar surface area (TPSA) is 58.1 Å². The molecular weight excluding hydrogens is 312 g/mol. The molecule has 132 valence electrons. The Labute approximate surface area is 149 Å². The summed E-state index contributed by atoms with van der Waals surface area (Å²) in [5.41, 5.74) is 1.61. The van der Waals surface area contributed by atoms with Crippen LogP contribution in [0, 0.1) is 0 Å². The maximum atomic E-state index is 12.7. The van der Waals surface area contributed by atoms with Crippen molar-refractivity contribution in [3.05, 3.63) is 54.0 Å². The largest absolute Gasteiger partial charge is 0.362 e. The summed E-state index contributed by atoms with van der Waals surface area (Å²) in [6, 6.07) is 10.6. The molecule has 0 bridgehead atoms. The lowest BCUT2D eigenvalue weighted by Crippen LogP contribution is -2.43. The highest BCUT2D eigenvalue weighted by atomic mass is 16.2. The normalized spacial score (nSPS) is 18.6. The molecule has 1 aromatic carbocycles. The molecule has 0 saturated carbocycles. The van der Waals surface area contributed by atoms with Crippen molar-refractivity contribution < 1.29 is 4.79 Å². The van der Waals surface area contributed by atoms with E-state index in [0.717, 1.165) is 25.8 Å². The van der Waals surface area contributed by atoms with Crippen LogP contribution in [0.25, 0.3) is 0 Å². The first-order chi connectivity index (χ1) is 12.2. The predicted molar refractivity (Wildman–Crippen MR) is 99.5 cm³/mol. The van der Waals surface area contributed by atoms with Crippen molar-refractivity contribution in [2.45, 2.75) is 51.6 Å². The van der Waals surface area contributed by atoms with Crippen molar-refractivity contribution in [2.75, 3.05) is 11.9 Å². The second kappa shape index (κ2) is 8.10. The maximum Gasteiger partial charge on any atom is 0.274 e. The van der Waals surface area contributed by atoms with Crippen molar-refractivity contribution in [1.29, 1.82) is 0 Å². The van der Waals surface area contributed by atoms with Gasteiger partial charge in [-0.05, 0) is 38.2 Å². The number of carbonyl (C=O) groups is 1. The number of amides is 1. The van der Waals surface area contributed by atoms with E-state index in [2.05, 4.69) is 41.3 Å². The molecule has 0 radical (unpaired) electrons. The predicted octanol–water partition coefficient (Wildman–Crippen LogP) is 4.05. The molecule has 1 amide bonds. The zero-order chi connectivity index (χ0) is 17.6. The van der Waals surface area contributed by atoms with Crippen molar-refractivity contribution in [2.24, 2.45) is 0 Å². The van der Waals surface area contributed by atoms with Crippen LogP contribution < -0.4 is 5.32 Å². The molecule has 1 aliphatic heterocycles. The van der Waals surface area contributed by atoms with Gasteiger partial charge in [-0.2, -0.15) is 0 Å². The van der Waals surface area contributed by atoms with E-state index < -0.39 is 0 Å². The number of carbonyl (C=O) groups excluding carboxylic acids is 1. The van der Waals surface area contributed by atoms with Crippen LogP contribution in [0.4, 0.5) is 5.82 Å². The number of aromatic nitrogens is 2. The van der Waals surface area contributed by atoms with Crippen molar-refractivity contribution in [3.8, 4) is 0 Å². The SMILES string of the molecule is CCC1CCCCN1C(=O)c1cnc(NC(C)c2ccccc2)cn1. The van der Waals surface area contributed by atoms with Crippen LogP contribution in [0.2, 0.25) is 0 Å². The zero-order valence-electron chi connectivity index (χ0n) is 15.0. The van der Waals surface area contributed by atoms with Gasteiger partial charge < -0.3 is 10.2 Å². The number of nitrogens with zero attached hydrogens (tertiary/aromatic N) is 3. The minimum Gasteiger partial charge on any atom is -0.362 e. The summed E-state index contributed by atoms with van der Waals surface area (Å²) in [6.45, 7) is 5.04. The van der Waals surface area contributed by atoms with Crippen molar-refractivity contribution >= 4 is 11.7 Å². The Bertz CT molecular complexity index is 687. The van der Waals surface area contributed by atoms with Crippen LogP contribution in [-0.2, 0) is 0 Å². The summed E-state index contributed by atoms with van der Waals surface area (Å²) < 4.78 is 0. The van der Waals surface area contributed by atoms with E-state index in [4.69, 9.17) is 0 Å². The lowest BCUT2D eigenvalue weighted by Gasteiger charge is -2.34.